The fraction of sp³-hybridized carbons (Fsp3) is 0.625. The average molecular weight is 814 g/mol. The van der Waals surface area contributed by atoms with E-state index in [2.05, 4.69) is 20.3 Å². The van der Waals surface area contributed by atoms with Gasteiger partial charge in [0, 0.05) is 23.3 Å². The third kappa shape index (κ3) is 7.40. The molecular weight excluding hydrogens is 765 g/mol. The Kier molecular flexibility index (Phi) is 10.1. The summed E-state index contributed by atoms with van der Waals surface area (Å²) in [5, 5.41) is 6.18. The lowest BCUT2D eigenvalue weighted by Gasteiger charge is -2.37. The topological polar surface area (TPSA) is 182 Å². The second-order valence-electron chi connectivity index (χ2n) is 16.8. The normalized spacial score (nSPS) is 29.8. The number of fused-ring (bicyclic) bond motifs is 5. The van der Waals surface area contributed by atoms with Gasteiger partial charge in [0.15, 0.2) is 5.75 Å². The molecule has 3 aliphatic heterocycles. The Morgan fingerprint density at radius 2 is 1.86 bits per heavy atom. The van der Waals surface area contributed by atoms with Gasteiger partial charge in [-0.05, 0) is 95.8 Å². The van der Waals surface area contributed by atoms with E-state index in [0.717, 1.165) is 25.7 Å². The minimum absolute atomic E-state index is 0.117. The van der Waals surface area contributed by atoms with Gasteiger partial charge in [-0.2, -0.15) is 0 Å². The van der Waals surface area contributed by atoms with Crippen LogP contribution in [0.3, 0.4) is 0 Å². The highest BCUT2D eigenvalue weighted by molar-refractivity contribution is 7.91. The molecule has 308 valence electrons. The molecule has 14 nitrogen and oxygen atoms in total. The molecule has 8 rings (SSSR count). The molecule has 3 aliphatic carbocycles. The maximum Gasteiger partial charge on any atom is 0.408 e. The summed E-state index contributed by atoms with van der Waals surface area (Å²) in [6.07, 6.45) is 6.38. The number of aromatic nitrogens is 1. The number of hydrogen-bond acceptors (Lipinski definition) is 10. The Hall–Kier alpha value is -4.54. The summed E-state index contributed by atoms with van der Waals surface area (Å²) in [6, 6.07) is 2.60. The molecule has 1 aromatic carbocycles. The van der Waals surface area contributed by atoms with E-state index in [1.54, 1.807) is 25.1 Å². The molecule has 17 heteroatoms. The zero-order valence-electron chi connectivity index (χ0n) is 32.1. The third-order valence-corrected chi connectivity index (χ3v) is 15.0. The second kappa shape index (κ2) is 14.7. The number of allylic oxidation sites excluding steroid dienone is 1. The largest absolute Gasteiger partial charge is 0.497 e. The van der Waals surface area contributed by atoms with E-state index in [4.69, 9.17) is 14.2 Å². The molecule has 57 heavy (non-hydrogen) atoms. The molecule has 3 saturated carbocycles. The van der Waals surface area contributed by atoms with Gasteiger partial charge in [-0.3, -0.25) is 19.1 Å². The number of carbonyl (C=O) groups excluding carboxylic acids is 4. The minimum atomic E-state index is -4.05. The molecule has 4 heterocycles. The van der Waals surface area contributed by atoms with Crippen LogP contribution in [0.1, 0.15) is 108 Å². The van der Waals surface area contributed by atoms with E-state index in [1.807, 2.05) is 12.2 Å². The van der Waals surface area contributed by atoms with Crippen LogP contribution in [0.15, 0.2) is 30.4 Å². The summed E-state index contributed by atoms with van der Waals surface area (Å²) >= 11 is 0. The quantitative estimate of drug-likeness (QED) is 0.326. The maximum absolute atomic E-state index is 14.7. The van der Waals surface area contributed by atoms with Crippen molar-refractivity contribution in [3.05, 3.63) is 41.6 Å². The highest BCUT2D eigenvalue weighted by Crippen LogP contribution is 2.50. The Balaban J connectivity index is 1.15. The smallest absolute Gasteiger partial charge is 0.408 e. The van der Waals surface area contributed by atoms with Gasteiger partial charge in [-0.25, -0.2) is 27.0 Å². The monoisotopic (exact) mass is 813 g/mol. The molecule has 6 aliphatic rings. The number of pyridine rings is 1. The van der Waals surface area contributed by atoms with Crippen LogP contribution in [-0.4, -0.2) is 89.8 Å². The number of benzene rings is 1. The number of nitrogens with one attached hydrogen (secondary N) is 3. The summed E-state index contributed by atoms with van der Waals surface area (Å²) in [7, 11) is -2.55. The van der Waals surface area contributed by atoms with Crippen molar-refractivity contribution in [2.75, 3.05) is 13.7 Å². The van der Waals surface area contributed by atoms with Crippen molar-refractivity contribution < 1.29 is 50.6 Å². The SMILES string of the molecule is COc1ccc2nc(C(F)F)c3c(c2c1)CCC1(CC2C(=O)NC4(C(=O)NS(=O)(=O)C5(C)CC5)CC4C=CCCCCCC(NC(=O)OC4CCC4)C(=O)N2C1)O3. The summed E-state index contributed by atoms with van der Waals surface area (Å²) in [5.41, 5.74) is -2.64. The lowest BCUT2D eigenvalue weighted by atomic mass is 9.87. The molecule has 0 radical (unpaired) electrons. The van der Waals surface area contributed by atoms with Crippen molar-refractivity contribution in [2.45, 2.75) is 137 Å². The van der Waals surface area contributed by atoms with Crippen LogP contribution in [0.5, 0.6) is 11.5 Å². The van der Waals surface area contributed by atoms with E-state index in [9.17, 15) is 36.4 Å². The molecule has 1 saturated heterocycles. The Morgan fingerprint density at radius 1 is 1.07 bits per heavy atom. The van der Waals surface area contributed by atoms with Crippen LogP contribution in [0.25, 0.3) is 10.9 Å². The number of alkyl carbamates (subject to hydrolysis) is 1. The number of ether oxygens (including phenoxy) is 3. The van der Waals surface area contributed by atoms with Crippen LogP contribution in [0, 0.1) is 5.92 Å². The molecule has 4 fully saturated rings. The number of carbonyl (C=O) groups is 4. The van der Waals surface area contributed by atoms with E-state index < -0.39 is 79.8 Å². The predicted molar refractivity (Wildman–Crippen MR) is 202 cm³/mol. The summed E-state index contributed by atoms with van der Waals surface area (Å²) in [6.45, 7) is 1.37. The molecule has 3 N–H and O–H groups in total. The number of aryl methyl sites for hydroxylation is 1. The molecule has 4 amide bonds. The van der Waals surface area contributed by atoms with Crippen molar-refractivity contribution >= 4 is 44.7 Å². The highest BCUT2D eigenvalue weighted by atomic mass is 32.2. The number of halogens is 2. The first-order chi connectivity index (χ1) is 27.2. The standard InChI is InChI=1S/C40H49F2N5O9S/c1-38(17-18-38)57(52,53)46-36(50)40-20-23(40)9-6-4-3-5-7-12-29(44-37(51)55-24-10-8-11-24)35(49)47-22-39(21-30(47)34(48)45-40)16-15-26-27-19-25(54-2)13-14-28(27)43-31(33(41)42)32(26)56-39/h6,9,13-14,19,23-24,29-30,33H,3-5,7-8,10-12,15-18,20-22H2,1-2H3,(H,44,51)(H,45,48)(H,46,50). The van der Waals surface area contributed by atoms with Gasteiger partial charge in [-0.1, -0.05) is 25.0 Å². The van der Waals surface area contributed by atoms with Crippen molar-refractivity contribution in [3.8, 4) is 11.5 Å². The van der Waals surface area contributed by atoms with Gasteiger partial charge < -0.3 is 29.7 Å². The highest BCUT2D eigenvalue weighted by Gasteiger charge is 2.64. The molecular formula is C40H49F2N5O9S. The second-order valence-corrected chi connectivity index (χ2v) is 19.0. The molecule has 5 unspecified atom stereocenters. The summed E-state index contributed by atoms with van der Waals surface area (Å²) in [4.78, 5) is 62.0. The van der Waals surface area contributed by atoms with Gasteiger partial charge in [0.05, 0.1) is 23.9 Å². The summed E-state index contributed by atoms with van der Waals surface area (Å²) in [5.74, 6) is -2.28. The van der Waals surface area contributed by atoms with Crippen LogP contribution in [0.4, 0.5) is 13.6 Å². The van der Waals surface area contributed by atoms with E-state index in [1.165, 1.54) is 12.0 Å². The molecule has 0 bridgehead atoms. The first-order valence-corrected chi connectivity index (χ1v) is 21.5. The van der Waals surface area contributed by atoms with Gasteiger partial charge in [0.1, 0.15) is 40.8 Å². The number of amides is 4. The van der Waals surface area contributed by atoms with Crippen molar-refractivity contribution in [3.63, 3.8) is 0 Å². The van der Waals surface area contributed by atoms with Gasteiger partial charge in [0.2, 0.25) is 21.8 Å². The number of alkyl halides is 2. The number of sulfonamides is 1. The summed E-state index contributed by atoms with van der Waals surface area (Å²) < 4.78 is 74.5. The molecule has 1 aromatic heterocycles. The molecule has 5 atom stereocenters. The van der Waals surface area contributed by atoms with Crippen molar-refractivity contribution in [2.24, 2.45) is 5.92 Å². The Morgan fingerprint density at radius 3 is 2.56 bits per heavy atom. The van der Waals surface area contributed by atoms with Gasteiger partial charge >= 0.3 is 6.09 Å². The van der Waals surface area contributed by atoms with E-state index in [-0.39, 0.29) is 50.5 Å². The lowest BCUT2D eigenvalue weighted by molar-refractivity contribution is -0.141. The third-order valence-electron chi connectivity index (χ3n) is 12.9. The van der Waals surface area contributed by atoms with Gasteiger partial charge in [-0.15, -0.1) is 0 Å². The Bertz CT molecular complexity index is 2130. The predicted octanol–water partition coefficient (Wildman–Crippen LogP) is 4.89. The van der Waals surface area contributed by atoms with Crippen LogP contribution in [0.2, 0.25) is 0 Å². The minimum Gasteiger partial charge on any atom is -0.497 e. The van der Waals surface area contributed by atoms with Crippen LogP contribution >= 0.6 is 0 Å². The zero-order valence-corrected chi connectivity index (χ0v) is 32.9. The van der Waals surface area contributed by atoms with Crippen LogP contribution in [-0.2, 0) is 35.6 Å². The van der Waals surface area contributed by atoms with Crippen molar-refractivity contribution in [1.29, 1.82) is 0 Å². The Labute approximate surface area is 329 Å². The average Bonchev–Trinajstić information content (AvgIpc) is 4.05. The number of rotatable bonds is 7. The van der Waals surface area contributed by atoms with E-state index >= 15 is 0 Å². The number of hydrogen-bond donors (Lipinski definition) is 3. The molecule has 2 aromatic rings. The first kappa shape index (κ1) is 39.3. The first-order valence-electron chi connectivity index (χ1n) is 20.0. The van der Waals surface area contributed by atoms with Crippen LogP contribution < -0.4 is 24.8 Å². The van der Waals surface area contributed by atoms with Gasteiger partial charge in [0.25, 0.3) is 12.3 Å². The number of methoxy groups -OCH3 is 1. The lowest BCUT2D eigenvalue weighted by Crippen LogP contribution is -2.58. The fourth-order valence-electron chi connectivity index (χ4n) is 8.63. The number of nitrogens with zero attached hydrogens (tertiary/aromatic N) is 2. The zero-order chi connectivity index (χ0) is 40.3. The van der Waals surface area contributed by atoms with E-state index in [0.29, 0.717) is 54.3 Å². The van der Waals surface area contributed by atoms with Crippen molar-refractivity contribution in [1.82, 2.24) is 25.2 Å². The maximum atomic E-state index is 14.7. The molecule has 1 spiro atoms. The fourth-order valence-corrected chi connectivity index (χ4v) is 9.94.